The number of primary amides is 1. The SMILES string of the molecule is COc1nc(NCc2ccccc2)nc(-n2nnc3c(C(N)=O)cccc32)n1. The first-order chi connectivity index (χ1) is 13.7. The fourth-order valence-electron chi connectivity index (χ4n) is 2.68. The highest BCUT2D eigenvalue weighted by molar-refractivity contribution is 6.03. The number of fused-ring (bicyclic) bond motifs is 1. The average molecular weight is 376 g/mol. The van der Waals surface area contributed by atoms with Crippen molar-refractivity contribution in [2.24, 2.45) is 5.73 Å². The fraction of sp³-hybridized carbons (Fsp3) is 0.111. The number of nitrogens with one attached hydrogen (secondary N) is 1. The molecule has 0 bridgehead atoms. The summed E-state index contributed by atoms with van der Waals surface area (Å²) in [6.45, 7) is 0.525. The molecule has 2 heterocycles. The van der Waals surface area contributed by atoms with Crippen LogP contribution >= 0.6 is 0 Å². The third-order valence-corrected chi connectivity index (χ3v) is 4.01. The highest BCUT2D eigenvalue weighted by Gasteiger charge is 2.16. The van der Waals surface area contributed by atoms with Crippen molar-refractivity contribution in [3.8, 4) is 12.0 Å². The number of aromatic nitrogens is 6. The van der Waals surface area contributed by atoms with Crippen LogP contribution < -0.4 is 15.8 Å². The van der Waals surface area contributed by atoms with Gasteiger partial charge in [-0.3, -0.25) is 4.79 Å². The second-order valence-corrected chi connectivity index (χ2v) is 5.82. The molecular formula is C18H16N8O2. The first kappa shape index (κ1) is 17.3. The third-order valence-electron chi connectivity index (χ3n) is 4.01. The molecule has 0 saturated carbocycles. The molecule has 4 rings (SSSR count). The topological polar surface area (TPSA) is 134 Å². The van der Waals surface area contributed by atoms with E-state index in [2.05, 4.69) is 30.6 Å². The van der Waals surface area contributed by atoms with Gasteiger partial charge in [0.2, 0.25) is 5.95 Å². The predicted molar refractivity (Wildman–Crippen MR) is 101 cm³/mol. The van der Waals surface area contributed by atoms with Gasteiger partial charge in [0.15, 0.2) is 0 Å². The summed E-state index contributed by atoms with van der Waals surface area (Å²) in [6, 6.07) is 15.0. The number of carbonyl (C=O) groups is 1. The molecule has 3 N–H and O–H groups in total. The minimum atomic E-state index is -0.587. The molecule has 0 spiro atoms. The molecule has 28 heavy (non-hydrogen) atoms. The van der Waals surface area contributed by atoms with E-state index in [-0.39, 0.29) is 17.5 Å². The molecule has 2 aromatic carbocycles. The quantitative estimate of drug-likeness (QED) is 0.515. The Morgan fingerprint density at radius 3 is 2.68 bits per heavy atom. The van der Waals surface area contributed by atoms with Gasteiger partial charge < -0.3 is 15.8 Å². The minimum Gasteiger partial charge on any atom is -0.467 e. The molecule has 140 valence electrons. The van der Waals surface area contributed by atoms with E-state index in [0.29, 0.717) is 23.5 Å². The van der Waals surface area contributed by atoms with Crippen molar-refractivity contribution in [2.75, 3.05) is 12.4 Å². The van der Waals surface area contributed by atoms with Crippen LogP contribution in [0.5, 0.6) is 6.01 Å². The van der Waals surface area contributed by atoms with Crippen LogP contribution in [0, 0.1) is 0 Å². The summed E-state index contributed by atoms with van der Waals surface area (Å²) in [5, 5.41) is 11.2. The summed E-state index contributed by atoms with van der Waals surface area (Å²) in [4.78, 5) is 24.4. The molecule has 0 aliphatic heterocycles. The molecule has 0 fully saturated rings. The summed E-state index contributed by atoms with van der Waals surface area (Å²) in [5.74, 6) is -0.0666. The van der Waals surface area contributed by atoms with Crippen LogP contribution in [0.15, 0.2) is 48.5 Å². The maximum Gasteiger partial charge on any atom is 0.322 e. The fourth-order valence-corrected chi connectivity index (χ4v) is 2.68. The van der Waals surface area contributed by atoms with Gasteiger partial charge in [0.05, 0.1) is 18.2 Å². The van der Waals surface area contributed by atoms with Gasteiger partial charge in [0, 0.05) is 6.54 Å². The molecule has 0 unspecified atom stereocenters. The number of ether oxygens (including phenoxy) is 1. The van der Waals surface area contributed by atoms with Gasteiger partial charge in [-0.05, 0) is 17.7 Å². The predicted octanol–water partition coefficient (Wildman–Crippen LogP) is 1.33. The van der Waals surface area contributed by atoms with E-state index < -0.39 is 5.91 Å². The summed E-state index contributed by atoms with van der Waals surface area (Å²) in [6.07, 6.45) is 0. The van der Waals surface area contributed by atoms with Crippen molar-refractivity contribution >= 4 is 22.9 Å². The van der Waals surface area contributed by atoms with Crippen LogP contribution in [0.25, 0.3) is 17.0 Å². The zero-order valence-corrected chi connectivity index (χ0v) is 14.9. The monoisotopic (exact) mass is 376 g/mol. The number of anilines is 1. The van der Waals surface area contributed by atoms with Crippen LogP contribution in [0.1, 0.15) is 15.9 Å². The molecule has 10 heteroatoms. The van der Waals surface area contributed by atoms with Gasteiger partial charge in [-0.15, -0.1) is 5.10 Å². The Kier molecular flexibility index (Phi) is 4.50. The Labute approximate surface area is 159 Å². The number of hydrogen-bond acceptors (Lipinski definition) is 8. The lowest BCUT2D eigenvalue weighted by Crippen LogP contribution is -2.12. The van der Waals surface area contributed by atoms with Crippen molar-refractivity contribution in [1.82, 2.24) is 29.9 Å². The Morgan fingerprint density at radius 1 is 1.11 bits per heavy atom. The van der Waals surface area contributed by atoms with Gasteiger partial charge in [-0.1, -0.05) is 41.6 Å². The lowest BCUT2D eigenvalue weighted by Gasteiger charge is -2.08. The molecular weight excluding hydrogens is 360 g/mol. The number of hydrogen-bond donors (Lipinski definition) is 2. The first-order valence-electron chi connectivity index (χ1n) is 8.38. The molecule has 10 nitrogen and oxygen atoms in total. The summed E-state index contributed by atoms with van der Waals surface area (Å²) >= 11 is 0. The number of benzene rings is 2. The molecule has 4 aromatic rings. The third kappa shape index (κ3) is 3.30. The number of nitrogens with zero attached hydrogens (tertiary/aromatic N) is 6. The van der Waals surface area contributed by atoms with Crippen LogP contribution in [0.3, 0.4) is 0 Å². The molecule has 1 amide bonds. The lowest BCUT2D eigenvalue weighted by molar-refractivity contribution is 0.100. The normalized spacial score (nSPS) is 10.8. The van der Waals surface area contributed by atoms with Crippen molar-refractivity contribution < 1.29 is 9.53 Å². The number of rotatable bonds is 6. The maximum absolute atomic E-state index is 11.6. The van der Waals surface area contributed by atoms with Gasteiger partial charge in [-0.25, -0.2) is 0 Å². The van der Waals surface area contributed by atoms with Crippen LogP contribution in [0.4, 0.5) is 5.95 Å². The average Bonchev–Trinajstić information content (AvgIpc) is 3.17. The van der Waals surface area contributed by atoms with E-state index in [9.17, 15) is 4.79 Å². The minimum absolute atomic E-state index is 0.121. The second-order valence-electron chi connectivity index (χ2n) is 5.82. The molecule has 0 aliphatic rings. The molecule has 0 aliphatic carbocycles. The standard InChI is InChI=1S/C18H16N8O2/c1-28-18-22-16(20-10-11-6-3-2-4-7-11)21-17(23-18)26-13-9-5-8-12(15(19)27)14(13)24-25-26/h2-9H,10H2,1H3,(H2,19,27)(H,20,21,22,23). The van der Waals surface area contributed by atoms with Crippen LogP contribution in [-0.4, -0.2) is 43.0 Å². The van der Waals surface area contributed by atoms with E-state index in [1.165, 1.54) is 11.8 Å². The highest BCUT2D eigenvalue weighted by Crippen LogP contribution is 2.19. The number of carbonyl (C=O) groups excluding carboxylic acids is 1. The number of methoxy groups -OCH3 is 1. The van der Waals surface area contributed by atoms with E-state index in [1.54, 1.807) is 18.2 Å². The largest absolute Gasteiger partial charge is 0.467 e. The Bertz CT molecular complexity index is 1140. The van der Waals surface area contributed by atoms with Crippen molar-refractivity contribution in [2.45, 2.75) is 6.54 Å². The first-order valence-corrected chi connectivity index (χ1v) is 8.38. The summed E-state index contributed by atoms with van der Waals surface area (Å²) in [5.41, 5.74) is 7.65. The molecule has 0 radical (unpaired) electrons. The Hall–Kier alpha value is -4.08. The zero-order chi connectivity index (χ0) is 19.5. The Balaban J connectivity index is 1.73. The van der Waals surface area contributed by atoms with Gasteiger partial charge in [0.1, 0.15) is 5.52 Å². The van der Waals surface area contributed by atoms with E-state index in [1.807, 2.05) is 30.3 Å². The molecule has 2 aromatic heterocycles. The van der Waals surface area contributed by atoms with Gasteiger partial charge in [-0.2, -0.15) is 19.6 Å². The molecule has 0 atom stereocenters. The van der Waals surface area contributed by atoms with E-state index in [0.717, 1.165) is 5.56 Å². The summed E-state index contributed by atoms with van der Waals surface area (Å²) in [7, 11) is 1.46. The van der Waals surface area contributed by atoms with Crippen molar-refractivity contribution in [3.05, 3.63) is 59.7 Å². The number of nitrogens with two attached hydrogens (primary N) is 1. The second kappa shape index (κ2) is 7.27. The zero-order valence-electron chi connectivity index (χ0n) is 14.9. The molecule has 0 saturated heterocycles. The lowest BCUT2D eigenvalue weighted by atomic mass is 10.2. The van der Waals surface area contributed by atoms with Gasteiger partial charge in [0.25, 0.3) is 11.9 Å². The highest BCUT2D eigenvalue weighted by atomic mass is 16.5. The van der Waals surface area contributed by atoms with Crippen molar-refractivity contribution in [3.63, 3.8) is 0 Å². The maximum atomic E-state index is 11.6. The van der Waals surface area contributed by atoms with Crippen molar-refractivity contribution in [1.29, 1.82) is 0 Å². The smallest absolute Gasteiger partial charge is 0.322 e. The van der Waals surface area contributed by atoms with Crippen LogP contribution in [-0.2, 0) is 6.54 Å². The van der Waals surface area contributed by atoms with E-state index >= 15 is 0 Å². The van der Waals surface area contributed by atoms with E-state index in [4.69, 9.17) is 10.5 Å². The van der Waals surface area contributed by atoms with Crippen LogP contribution in [0.2, 0.25) is 0 Å². The Morgan fingerprint density at radius 2 is 1.93 bits per heavy atom. The number of amides is 1. The van der Waals surface area contributed by atoms with Gasteiger partial charge >= 0.3 is 6.01 Å². The summed E-state index contributed by atoms with van der Waals surface area (Å²) < 4.78 is 6.58.